The van der Waals surface area contributed by atoms with E-state index in [0.717, 1.165) is 56.3 Å². The standard InChI is InChI=1S/C28H35N5O4/c1-36-26-10-6-5-9-24(26)32-15-17-33(18-16-32)28(35)23-21-37-27(29-23)20-31-13-11-30(12-14-31)19-25(34)22-7-3-2-4-8-22/h2-10,21,25,34H,11-20H2,1H3/t25-/m0/s1. The Morgan fingerprint density at radius 3 is 2.35 bits per heavy atom. The van der Waals surface area contributed by atoms with Gasteiger partial charge in [-0.05, 0) is 17.7 Å². The van der Waals surface area contributed by atoms with Crippen molar-refractivity contribution in [1.29, 1.82) is 0 Å². The van der Waals surface area contributed by atoms with Crippen molar-refractivity contribution < 1.29 is 19.1 Å². The molecule has 196 valence electrons. The van der Waals surface area contributed by atoms with Gasteiger partial charge in [-0.25, -0.2) is 4.98 Å². The van der Waals surface area contributed by atoms with Gasteiger partial charge in [-0.1, -0.05) is 42.5 Å². The molecule has 5 rings (SSSR count). The molecule has 2 aliphatic rings. The van der Waals surface area contributed by atoms with Gasteiger partial charge < -0.3 is 24.1 Å². The van der Waals surface area contributed by atoms with Crippen LogP contribution in [0.15, 0.2) is 65.3 Å². The molecule has 3 aromatic rings. The van der Waals surface area contributed by atoms with E-state index in [0.29, 0.717) is 37.8 Å². The fourth-order valence-electron chi connectivity index (χ4n) is 5.03. The minimum Gasteiger partial charge on any atom is -0.495 e. The predicted molar refractivity (Wildman–Crippen MR) is 141 cm³/mol. The number of hydrogen-bond donors (Lipinski definition) is 1. The molecule has 0 spiro atoms. The molecule has 0 unspecified atom stereocenters. The fourth-order valence-corrected chi connectivity index (χ4v) is 5.03. The highest BCUT2D eigenvalue weighted by Gasteiger charge is 2.26. The fraction of sp³-hybridized carbons (Fsp3) is 0.429. The number of para-hydroxylation sites is 2. The van der Waals surface area contributed by atoms with Gasteiger partial charge in [0.1, 0.15) is 12.0 Å². The van der Waals surface area contributed by atoms with Crippen LogP contribution in [0.5, 0.6) is 5.75 Å². The number of aromatic nitrogens is 1. The van der Waals surface area contributed by atoms with Crippen LogP contribution in [0.4, 0.5) is 5.69 Å². The summed E-state index contributed by atoms with van der Waals surface area (Å²) in [5, 5.41) is 10.5. The lowest BCUT2D eigenvalue weighted by molar-refractivity contribution is 0.0671. The van der Waals surface area contributed by atoms with Crippen LogP contribution in [-0.2, 0) is 6.54 Å². The summed E-state index contributed by atoms with van der Waals surface area (Å²) >= 11 is 0. The summed E-state index contributed by atoms with van der Waals surface area (Å²) in [5.74, 6) is 1.32. The molecule has 2 fully saturated rings. The van der Waals surface area contributed by atoms with Crippen LogP contribution in [0.25, 0.3) is 0 Å². The Morgan fingerprint density at radius 1 is 0.946 bits per heavy atom. The number of ether oxygens (including phenoxy) is 1. The number of carbonyl (C=O) groups is 1. The molecule has 1 aromatic heterocycles. The SMILES string of the molecule is COc1ccccc1N1CCN(C(=O)c2coc(CN3CCN(C[C@H](O)c4ccccc4)CC3)n2)CC1. The van der Waals surface area contributed by atoms with Gasteiger partial charge in [0, 0.05) is 58.9 Å². The zero-order valence-electron chi connectivity index (χ0n) is 21.3. The Morgan fingerprint density at radius 2 is 1.62 bits per heavy atom. The van der Waals surface area contributed by atoms with Crippen molar-refractivity contribution in [3.63, 3.8) is 0 Å². The van der Waals surface area contributed by atoms with Crippen molar-refractivity contribution in [3.8, 4) is 5.75 Å². The number of piperazine rings is 2. The van der Waals surface area contributed by atoms with E-state index in [1.54, 1.807) is 7.11 Å². The molecule has 0 aliphatic carbocycles. The second-order valence-electron chi connectivity index (χ2n) is 9.58. The number of oxazole rings is 1. The maximum atomic E-state index is 13.1. The van der Waals surface area contributed by atoms with Crippen LogP contribution in [0, 0.1) is 0 Å². The number of rotatable bonds is 8. The quantitative estimate of drug-likeness (QED) is 0.500. The number of benzene rings is 2. The van der Waals surface area contributed by atoms with Gasteiger partial charge in [0.25, 0.3) is 5.91 Å². The summed E-state index contributed by atoms with van der Waals surface area (Å²) in [6.07, 6.45) is 1.00. The highest BCUT2D eigenvalue weighted by Crippen LogP contribution is 2.28. The Hall–Kier alpha value is -3.40. The molecular formula is C28H35N5O4. The van der Waals surface area contributed by atoms with Crippen LogP contribution >= 0.6 is 0 Å². The Kier molecular flexibility index (Phi) is 8.03. The zero-order valence-corrected chi connectivity index (χ0v) is 21.3. The van der Waals surface area contributed by atoms with Gasteiger partial charge >= 0.3 is 0 Å². The number of aliphatic hydroxyl groups is 1. The molecular weight excluding hydrogens is 470 g/mol. The van der Waals surface area contributed by atoms with Crippen molar-refractivity contribution in [3.05, 3.63) is 78.0 Å². The number of aliphatic hydroxyl groups excluding tert-OH is 1. The van der Waals surface area contributed by atoms with E-state index in [1.165, 1.54) is 6.26 Å². The minimum absolute atomic E-state index is 0.0885. The Bertz CT molecular complexity index is 1150. The molecule has 0 saturated carbocycles. The number of amides is 1. The van der Waals surface area contributed by atoms with Gasteiger partial charge in [-0.3, -0.25) is 14.6 Å². The first kappa shape index (κ1) is 25.3. The predicted octanol–water partition coefficient (Wildman–Crippen LogP) is 2.50. The molecule has 9 heteroatoms. The maximum absolute atomic E-state index is 13.1. The molecule has 1 N–H and O–H groups in total. The summed E-state index contributed by atoms with van der Waals surface area (Å²) in [7, 11) is 1.68. The van der Waals surface area contributed by atoms with E-state index in [9.17, 15) is 9.90 Å². The molecule has 1 atom stereocenters. The van der Waals surface area contributed by atoms with Crippen LogP contribution in [0.1, 0.15) is 28.0 Å². The Labute approximate surface area is 217 Å². The second-order valence-corrected chi connectivity index (χ2v) is 9.58. The highest BCUT2D eigenvalue weighted by atomic mass is 16.5. The number of β-amino-alcohol motifs (C(OH)–C–C–N with tert-alkyl or cyclic N) is 1. The molecule has 0 bridgehead atoms. The average Bonchev–Trinajstić information content (AvgIpc) is 3.42. The summed E-state index contributed by atoms with van der Waals surface area (Å²) in [6, 6.07) is 17.7. The number of anilines is 1. The lowest BCUT2D eigenvalue weighted by atomic mass is 10.1. The van der Waals surface area contributed by atoms with Crippen molar-refractivity contribution in [1.82, 2.24) is 19.7 Å². The third kappa shape index (κ3) is 6.12. The van der Waals surface area contributed by atoms with Crippen LogP contribution in [-0.4, -0.2) is 96.7 Å². The van der Waals surface area contributed by atoms with E-state index < -0.39 is 6.10 Å². The topological polar surface area (TPSA) is 85.5 Å². The second kappa shape index (κ2) is 11.8. The Balaban J connectivity index is 1.08. The first-order chi connectivity index (χ1) is 18.1. The molecule has 0 radical (unpaired) electrons. The van der Waals surface area contributed by atoms with Gasteiger partial charge in [0.05, 0.1) is 25.4 Å². The summed E-state index contributed by atoms with van der Waals surface area (Å²) in [4.78, 5) is 26.2. The lowest BCUT2D eigenvalue weighted by Gasteiger charge is -2.36. The zero-order chi connectivity index (χ0) is 25.6. The smallest absolute Gasteiger partial charge is 0.275 e. The first-order valence-electron chi connectivity index (χ1n) is 12.9. The van der Waals surface area contributed by atoms with Gasteiger partial charge in [0.2, 0.25) is 5.89 Å². The van der Waals surface area contributed by atoms with Gasteiger partial charge in [-0.2, -0.15) is 0 Å². The van der Waals surface area contributed by atoms with Crippen molar-refractivity contribution >= 4 is 11.6 Å². The normalized spacial score (nSPS) is 18.1. The molecule has 2 aromatic carbocycles. The monoisotopic (exact) mass is 505 g/mol. The summed E-state index contributed by atoms with van der Waals surface area (Å²) in [5.41, 5.74) is 2.36. The van der Waals surface area contributed by atoms with Crippen molar-refractivity contribution in [2.24, 2.45) is 0 Å². The van der Waals surface area contributed by atoms with Crippen LogP contribution < -0.4 is 9.64 Å². The third-order valence-corrected chi connectivity index (χ3v) is 7.20. The molecule has 3 heterocycles. The average molecular weight is 506 g/mol. The van der Waals surface area contributed by atoms with Crippen LogP contribution in [0.3, 0.4) is 0 Å². The van der Waals surface area contributed by atoms with Gasteiger partial charge in [-0.15, -0.1) is 0 Å². The molecule has 1 amide bonds. The van der Waals surface area contributed by atoms with E-state index in [1.807, 2.05) is 59.5 Å². The van der Waals surface area contributed by atoms with Gasteiger partial charge in [0.15, 0.2) is 5.69 Å². The van der Waals surface area contributed by atoms with E-state index in [2.05, 4.69) is 19.7 Å². The molecule has 9 nitrogen and oxygen atoms in total. The highest BCUT2D eigenvalue weighted by molar-refractivity contribution is 5.92. The maximum Gasteiger partial charge on any atom is 0.275 e. The van der Waals surface area contributed by atoms with E-state index >= 15 is 0 Å². The first-order valence-corrected chi connectivity index (χ1v) is 12.9. The number of nitrogens with zero attached hydrogens (tertiary/aromatic N) is 5. The minimum atomic E-state index is -0.482. The largest absolute Gasteiger partial charge is 0.495 e. The summed E-state index contributed by atoms with van der Waals surface area (Å²) in [6.45, 7) is 7.37. The summed E-state index contributed by atoms with van der Waals surface area (Å²) < 4.78 is 11.2. The third-order valence-electron chi connectivity index (χ3n) is 7.20. The van der Waals surface area contributed by atoms with Crippen molar-refractivity contribution in [2.45, 2.75) is 12.6 Å². The van der Waals surface area contributed by atoms with E-state index in [4.69, 9.17) is 9.15 Å². The van der Waals surface area contributed by atoms with Crippen molar-refractivity contribution in [2.75, 3.05) is 70.9 Å². The molecule has 2 saturated heterocycles. The van der Waals surface area contributed by atoms with E-state index in [-0.39, 0.29) is 5.91 Å². The number of hydrogen-bond acceptors (Lipinski definition) is 8. The molecule has 37 heavy (non-hydrogen) atoms. The molecule has 2 aliphatic heterocycles. The number of methoxy groups -OCH3 is 1. The number of carbonyl (C=O) groups excluding carboxylic acids is 1. The van der Waals surface area contributed by atoms with Crippen LogP contribution in [0.2, 0.25) is 0 Å². The lowest BCUT2D eigenvalue weighted by Crippen LogP contribution is -2.49.